The van der Waals surface area contributed by atoms with Crippen LogP contribution < -0.4 is 5.73 Å². The Labute approximate surface area is 88.1 Å². The van der Waals surface area contributed by atoms with Crippen molar-refractivity contribution < 1.29 is 5.11 Å². The van der Waals surface area contributed by atoms with Gasteiger partial charge in [-0.15, -0.1) is 0 Å². The smallest absolute Gasteiger partial charge is 0.0792 e. The van der Waals surface area contributed by atoms with Gasteiger partial charge in [-0.3, -0.25) is 4.99 Å². The zero-order chi connectivity index (χ0) is 10.1. The van der Waals surface area contributed by atoms with Crippen molar-refractivity contribution in [1.82, 2.24) is 4.90 Å². The fourth-order valence-corrected chi connectivity index (χ4v) is 2.25. The molecule has 2 aliphatic heterocycles. The van der Waals surface area contributed by atoms with E-state index in [1.807, 2.05) is 0 Å². The predicted octanol–water partition coefficient (Wildman–Crippen LogP) is -0.0849. The van der Waals surface area contributed by atoms with Crippen LogP contribution in [0.4, 0.5) is 0 Å². The van der Waals surface area contributed by atoms with Gasteiger partial charge in [0.25, 0.3) is 0 Å². The van der Waals surface area contributed by atoms with E-state index in [9.17, 15) is 5.11 Å². The van der Waals surface area contributed by atoms with Crippen LogP contribution in [0.3, 0.4) is 0 Å². The highest BCUT2D eigenvalue weighted by molar-refractivity contribution is 6.39. The predicted molar refractivity (Wildman–Crippen MR) is 56.4 cm³/mol. The third-order valence-corrected chi connectivity index (χ3v) is 2.90. The first-order valence-corrected chi connectivity index (χ1v) is 5.14. The molecule has 2 unspecified atom stereocenters. The summed E-state index contributed by atoms with van der Waals surface area (Å²) in [5, 5.41) is 10.0. The largest absolute Gasteiger partial charge is 0.391 e. The molecule has 0 bridgehead atoms. The lowest BCUT2D eigenvalue weighted by Gasteiger charge is -2.28. The number of hydrogen-bond donors (Lipinski definition) is 2. The Balaban J connectivity index is 2.18. The van der Waals surface area contributed by atoms with Crippen molar-refractivity contribution >= 4 is 17.8 Å². The zero-order valence-electron chi connectivity index (χ0n) is 7.86. The fourth-order valence-electron chi connectivity index (χ4n) is 1.92. The van der Waals surface area contributed by atoms with E-state index in [-0.39, 0.29) is 12.1 Å². The Morgan fingerprint density at radius 2 is 2.43 bits per heavy atom. The summed E-state index contributed by atoms with van der Waals surface area (Å²) in [4.78, 5) is 6.11. The first-order valence-electron chi connectivity index (χ1n) is 4.76. The Bertz CT molecular complexity index is 290. The standard InChI is InChI=1S/C9H14ClN3O/c10-7-3-12-4-8(11)9(7)13-2-1-6(14)5-13/h3,6,8,14H,1-2,4-5,11H2. The molecule has 0 amide bonds. The van der Waals surface area contributed by atoms with Gasteiger partial charge >= 0.3 is 0 Å². The summed E-state index contributed by atoms with van der Waals surface area (Å²) in [5.41, 5.74) is 6.84. The third kappa shape index (κ3) is 1.78. The first kappa shape index (κ1) is 9.96. The van der Waals surface area contributed by atoms with Crippen molar-refractivity contribution in [2.45, 2.75) is 18.6 Å². The number of rotatable bonds is 1. The molecule has 0 aliphatic carbocycles. The second-order valence-corrected chi connectivity index (χ2v) is 4.13. The number of β-amino-alcohol motifs (C(OH)–C–C–N with tert-alkyl or cyclic N) is 1. The average molecular weight is 216 g/mol. The van der Waals surface area contributed by atoms with Crippen LogP contribution in [0.1, 0.15) is 6.42 Å². The molecule has 0 aromatic heterocycles. The van der Waals surface area contributed by atoms with Crippen LogP contribution >= 0.6 is 11.6 Å². The van der Waals surface area contributed by atoms with Gasteiger partial charge in [-0.25, -0.2) is 0 Å². The van der Waals surface area contributed by atoms with Gasteiger partial charge in [0.15, 0.2) is 0 Å². The molecular weight excluding hydrogens is 202 g/mol. The van der Waals surface area contributed by atoms with Crippen LogP contribution in [0.25, 0.3) is 0 Å². The maximum absolute atomic E-state index is 9.42. The molecule has 2 atom stereocenters. The molecule has 0 aromatic carbocycles. The highest BCUT2D eigenvalue weighted by Crippen LogP contribution is 2.23. The molecule has 2 aliphatic rings. The molecule has 1 saturated heterocycles. The molecule has 1 fully saturated rings. The number of aliphatic hydroxyl groups excluding tert-OH is 1. The minimum atomic E-state index is -0.252. The number of nitrogens with two attached hydrogens (primary N) is 1. The first-order chi connectivity index (χ1) is 6.68. The summed E-state index contributed by atoms with van der Waals surface area (Å²) in [6.45, 7) is 2.04. The Kier molecular flexibility index (Phi) is 2.76. The molecule has 5 heteroatoms. The van der Waals surface area contributed by atoms with Crippen LogP contribution in [0, 0.1) is 0 Å². The van der Waals surface area contributed by atoms with Gasteiger partial charge in [-0.05, 0) is 6.42 Å². The van der Waals surface area contributed by atoms with E-state index in [1.165, 1.54) is 0 Å². The van der Waals surface area contributed by atoms with Gasteiger partial charge in [0.2, 0.25) is 0 Å². The molecule has 0 radical (unpaired) electrons. The highest BCUT2D eigenvalue weighted by Gasteiger charge is 2.28. The Hall–Kier alpha value is -0.580. The second-order valence-electron chi connectivity index (χ2n) is 3.72. The molecule has 2 heterocycles. The highest BCUT2D eigenvalue weighted by atomic mass is 35.5. The van der Waals surface area contributed by atoms with E-state index in [0.29, 0.717) is 18.1 Å². The number of dihydropyridines is 1. The molecule has 3 N–H and O–H groups in total. The van der Waals surface area contributed by atoms with Crippen molar-refractivity contribution in [2.75, 3.05) is 19.6 Å². The molecular formula is C9H14ClN3O. The van der Waals surface area contributed by atoms with Gasteiger partial charge in [0.1, 0.15) is 0 Å². The minimum Gasteiger partial charge on any atom is -0.391 e. The molecule has 0 saturated carbocycles. The lowest BCUT2D eigenvalue weighted by Crippen LogP contribution is -2.39. The number of likely N-dealkylation sites (tertiary alicyclic amines) is 1. The molecule has 0 aromatic rings. The fraction of sp³-hybridized carbons (Fsp3) is 0.667. The minimum absolute atomic E-state index is 0.127. The normalized spacial score (nSPS) is 32.9. The van der Waals surface area contributed by atoms with E-state index >= 15 is 0 Å². The van der Waals surface area contributed by atoms with Gasteiger partial charge in [0.05, 0.1) is 29.4 Å². The van der Waals surface area contributed by atoms with Crippen LogP contribution in [0.5, 0.6) is 0 Å². The average Bonchev–Trinajstić information content (AvgIpc) is 2.51. The van der Waals surface area contributed by atoms with Gasteiger partial charge in [-0.2, -0.15) is 0 Å². The molecule has 0 spiro atoms. The summed E-state index contributed by atoms with van der Waals surface area (Å²) < 4.78 is 0. The van der Waals surface area contributed by atoms with E-state index in [2.05, 4.69) is 9.89 Å². The quantitative estimate of drug-likeness (QED) is 0.643. The lowest BCUT2D eigenvalue weighted by atomic mass is 10.1. The van der Waals surface area contributed by atoms with Crippen LogP contribution in [-0.4, -0.2) is 48.0 Å². The van der Waals surface area contributed by atoms with E-state index in [0.717, 1.165) is 18.7 Å². The van der Waals surface area contributed by atoms with Gasteiger partial charge in [0, 0.05) is 19.3 Å². The van der Waals surface area contributed by atoms with E-state index < -0.39 is 0 Å². The van der Waals surface area contributed by atoms with Crippen molar-refractivity contribution in [3.05, 3.63) is 10.7 Å². The van der Waals surface area contributed by atoms with Crippen molar-refractivity contribution in [3.63, 3.8) is 0 Å². The lowest BCUT2D eigenvalue weighted by molar-refractivity contribution is 0.182. The van der Waals surface area contributed by atoms with Crippen molar-refractivity contribution in [1.29, 1.82) is 0 Å². The summed E-state index contributed by atoms with van der Waals surface area (Å²) in [6.07, 6.45) is 2.18. The number of hydrogen-bond acceptors (Lipinski definition) is 4. The van der Waals surface area contributed by atoms with Crippen molar-refractivity contribution in [2.24, 2.45) is 10.7 Å². The van der Waals surface area contributed by atoms with Crippen molar-refractivity contribution in [3.8, 4) is 0 Å². The summed E-state index contributed by atoms with van der Waals surface area (Å²) in [6, 6.07) is -0.127. The molecule has 78 valence electrons. The van der Waals surface area contributed by atoms with Gasteiger partial charge < -0.3 is 15.7 Å². The second kappa shape index (κ2) is 3.88. The Morgan fingerprint density at radius 3 is 3.00 bits per heavy atom. The third-order valence-electron chi connectivity index (χ3n) is 2.61. The monoisotopic (exact) mass is 215 g/mol. The maximum atomic E-state index is 9.42. The van der Waals surface area contributed by atoms with E-state index in [1.54, 1.807) is 6.21 Å². The summed E-state index contributed by atoms with van der Waals surface area (Å²) >= 11 is 6.03. The van der Waals surface area contributed by atoms with Crippen LogP contribution in [0.15, 0.2) is 15.7 Å². The zero-order valence-corrected chi connectivity index (χ0v) is 8.61. The number of aliphatic hydroxyl groups is 1. The Morgan fingerprint density at radius 1 is 1.64 bits per heavy atom. The number of allylic oxidation sites excluding steroid dienone is 1. The van der Waals surface area contributed by atoms with E-state index in [4.69, 9.17) is 17.3 Å². The number of halogens is 1. The van der Waals surface area contributed by atoms with Crippen LogP contribution in [0.2, 0.25) is 0 Å². The van der Waals surface area contributed by atoms with Gasteiger partial charge in [-0.1, -0.05) is 11.6 Å². The number of aliphatic imine (C=N–C) groups is 1. The molecule has 4 nitrogen and oxygen atoms in total. The maximum Gasteiger partial charge on any atom is 0.0792 e. The summed E-state index contributed by atoms with van der Waals surface area (Å²) in [7, 11) is 0. The summed E-state index contributed by atoms with van der Waals surface area (Å²) in [5.74, 6) is 0. The molecule has 14 heavy (non-hydrogen) atoms. The topological polar surface area (TPSA) is 61.8 Å². The molecule has 2 rings (SSSR count). The SMILES string of the molecule is NC1CN=CC(Cl)=C1N1CCC(O)C1. The number of nitrogens with zero attached hydrogens (tertiary/aromatic N) is 2. The van der Waals surface area contributed by atoms with Crippen LogP contribution in [-0.2, 0) is 0 Å².